The largest absolute Gasteiger partial charge is 0.335 e. The molecule has 0 fully saturated rings. The van der Waals surface area contributed by atoms with Gasteiger partial charge in [-0.05, 0) is 78.7 Å². The molecule has 0 saturated heterocycles. The van der Waals surface area contributed by atoms with E-state index in [4.69, 9.17) is 4.98 Å². The lowest BCUT2D eigenvalue weighted by atomic mass is 9.97. The van der Waals surface area contributed by atoms with Crippen LogP contribution in [0.15, 0.2) is 73.3 Å². The van der Waals surface area contributed by atoms with Gasteiger partial charge in [-0.25, -0.2) is 4.98 Å². The first-order valence-electron chi connectivity index (χ1n) is 12.1. The van der Waals surface area contributed by atoms with Gasteiger partial charge in [0.25, 0.3) is 0 Å². The number of aryl methyl sites for hydroxylation is 1. The summed E-state index contributed by atoms with van der Waals surface area (Å²) in [6.45, 7) is 3.11. The SMILES string of the molecule is CCc1cc(CN(C)C)cc(-c2ccc3[nH]nc(-c4nc5c(-c6ccncc6)cncc5[nH]4)c3c2)c1. The van der Waals surface area contributed by atoms with Crippen LogP contribution in [0.1, 0.15) is 18.1 Å². The van der Waals surface area contributed by atoms with Crippen LogP contribution in [0.2, 0.25) is 0 Å². The van der Waals surface area contributed by atoms with Gasteiger partial charge in [-0.15, -0.1) is 0 Å². The highest BCUT2D eigenvalue weighted by Gasteiger charge is 2.16. The van der Waals surface area contributed by atoms with E-state index >= 15 is 0 Å². The Labute approximate surface area is 209 Å². The van der Waals surface area contributed by atoms with Gasteiger partial charge in [0.1, 0.15) is 5.69 Å². The first kappa shape index (κ1) is 22.1. The summed E-state index contributed by atoms with van der Waals surface area (Å²) < 4.78 is 0. The third-order valence-corrected chi connectivity index (χ3v) is 6.47. The zero-order valence-electron chi connectivity index (χ0n) is 20.6. The third kappa shape index (κ3) is 4.03. The minimum Gasteiger partial charge on any atom is -0.335 e. The number of benzene rings is 2. The van der Waals surface area contributed by atoms with Gasteiger partial charge in [0.2, 0.25) is 0 Å². The third-order valence-electron chi connectivity index (χ3n) is 6.47. The molecule has 0 radical (unpaired) electrons. The molecule has 6 aromatic rings. The molecule has 6 rings (SSSR count). The van der Waals surface area contributed by atoms with Crippen molar-refractivity contribution in [2.24, 2.45) is 0 Å². The van der Waals surface area contributed by atoms with Crippen molar-refractivity contribution in [2.45, 2.75) is 19.9 Å². The van der Waals surface area contributed by atoms with E-state index in [1.807, 2.05) is 18.3 Å². The average Bonchev–Trinajstić information content (AvgIpc) is 3.52. The van der Waals surface area contributed by atoms with E-state index in [-0.39, 0.29) is 0 Å². The molecule has 0 bridgehead atoms. The number of aromatic amines is 2. The van der Waals surface area contributed by atoms with E-state index in [2.05, 4.69) is 87.5 Å². The second kappa shape index (κ2) is 9.02. The lowest BCUT2D eigenvalue weighted by Crippen LogP contribution is -2.10. The Morgan fingerprint density at radius 3 is 2.44 bits per heavy atom. The van der Waals surface area contributed by atoms with E-state index in [0.717, 1.165) is 57.3 Å². The van der Waals surface area contributed by atoms with Gasteiger partial charge < -0.3 is 9.88 Å². The maximum atomic E-state index is 4.95. The van der Waals surface area contributed by atoms with Gasteiger partial charge in [-0.3, -0.25) is 15.1 Å². The molecule has 0 aliphatic rings. The van der Waals surface area contributed by atoms with E-state index in [9.17, 15) is 0 Å². The summed E-state index contributed by atoms with van der Waals surface area (Å²) in [6.07, 6.45) is 8.21. The minimum atomic E-state index is 0.715. The lowest BCUT2D eigenvalue weighted by molar-refractivity contribution is 0.402. The number of nitrogens with zero attached hydrogens (tertiary/aromatic N) is 5. The number of hydrogen-bond acceptors (Lipinski definition) is 5. The number of rotatable bonds is 6. The molecule has 4 heterocycles. The Morgan fingerprint density at radius 1 is 0.806 bits per heavy atom. The van der Waals surface area contributed by atoms with Crippen molar-refractivity contribution in [3.63, 3.8) is 0 Å². The molecule has 178 valence electrons. The van der Waals surface area contributed by atoms with Crippen molar-refractivity contribution >= 4 is 21.9 Å². The first-order valence-corrected chi connectivity index (χ1v) is 12.1. The van der Waals surface area contributed by atoms with Crippen molar-refractivity contribution < 1.29 is 0 Å². The molecule has 0 amide bonds. The quantitative estimate of drug-likeness (QED) is 0.317. The van der Waals surface area contributed by atoms with E-state index in [0.29, 0.717) is 5.82 Å². The summed E-state index contributed by atoms with van der Waals surface area (Å²) in [5, 5.41) is 8.84. The highest BCUT2D eigenvalue weighted by atomic mass is 15.1. The predicted octanol–water partition coefficient (Wildman–Crippen LogP) is 5.85. The fourth-order valence-corrected chi connectivity index (χ4v) is 4.75. The summed E-state index contributed by atoms with van der Waals surface area (Å²) in [7, 11) is 4.20. The fourth-order valence-electron chi connectivity index (χ4n) is 4.75. The molecule has 0 unspecified atom stereocenters. The monoisotopic (exact) mass is 473 g/mol. The van der Waals surface area contributed by atoms with Gasteiger partial charge in [0.15, 0.2) is 5.82 Å². The molecular weight excluding hydrogens is 446 g/mol. The molecule has 0 aliphatic carbocycles. The number of hydrogen-bond donors (Lipinski definition) is 2. The van der Waals surface area contributed by atoms with Crippen LogP contribution < -0.4 is 0 Å². The molecule has 0 aliphatic heterocycles. The Kier molecular flexibility index (Phi) is 5.54. The average molecular weight is 474 g/mol. The van der Waals surface area contributed by atoms with E-state index in [1.165, 1.54) is 16.7 Å². The zero-order chi connectivity index (χ0) is 24.6. The normalized spacial score (nSPS) is 11.7. The van der Waals surface area contributed by atoms with Gasteiger partial charge in [-0.1, -0.05) is 25.1 Å². The summed E-state index contributed by atoms with van der Waals surface area (Å²) in [6, 6.07) is 17.3. The molecule has 7 nitrogen and oxygen atoms in total. The highest BCUT2D eigenvalue weighted by Crippen LogP contribution is 2.33. The minimum absolute atomic E-state index is 0.715. The molecule has 0 saturated carbocycles. The molecule has 2 N–H and O–H groups in total. The molecule has 0 atom stereocenters. The van der Waals surface area contributed by atoms with Gasteiger partial charge in [-0.2, -0.15) is 5.10 Å². The van der Waals surface area contributed by atoms with Gasteiger partial charge >= 0.3 is 0 Å². The lowest BCUT2D eigenvalue weighted by Gasteiger charge is -2.13. The van der Waals surface area contributed by atoms with Crippen molar-refractivity contribution in [1.29, 1.82) is 0 Å². The fraction of sp³-hybridized carbons (Fsp3) is 0.172. The predicted molar refractivity (Wildman–Crippen MR) is 144 cm³/mol. The summed E-state index contributed by atoms with van der Waals surface area (Å²) in [5.41, 5.74) is 10.5. The smallest absolute Gasteiger partial charge is 0.159 e. The maximum absolute atomic E-state index is 4.95. The van der Waals surface area contributed by atoms with Crippen molar-refractivity contribution in [2.75, 3.05) is 14.1 Å². The first-order chi connectivity index (χ1) is 17.6. The van der Waals surface area contributed by atoms with Crippen molar-refractivity contribution in [3.05, 3.63) is 84.4 Å². The molecule has 0 spiro atoms. The van der Waals surface area contributed by atoms with Crippen LogP contribution >= 0.6 is 0 Å². The summed E-state index contributed by atoms with van der Waals surface area (Å²) in [5.74, 6) is 0.715. The van der Waals surface area contributed by atoms with Gasteiger partial charge in [0, 0.05) is 36.1 Å². The number of fused-ring (bicyclic) bond motifs is 2. The standard InChI is InChI=1S/C29H27N7/c1-4-18-11-19(17-36(2)3)13-22(12-18)21-5-6-25-23(14-21)28(35-34-25)29-32-26-16-31-15-24(27(26)33-29)20-7-9-30-10-8-20/h5-16H,4,17H2,1-3H3,(H,32,33)(H,34,35). The van der Waals surface area contributed by atoms with Crippen LogP contribution in [0.5, 0.6) is 0 Å². The second-order valence-corrected chi connectivity index (χ2v) is 9.37. The Bertz CT molecular complexity index is 1680. The summed E-state index contributed by atoms with van der Waals surface area (Å²) >= 11 is 0. The number of nitrogens with one attached hydrogen (secondary N) is 2. The van der Waals surface area contributed by atoms with Crippen LogP contribution in [0.4, 0.5) is 0 Å². The van der Waals surface area contributed by atoms with Crippen molar-refractivity contribution in [3.8, 4) is 33.8 Å². The number of imidazole rings is 1. The number of pyridine rings is 2. The molecule has 2 aromatic carbocycles. The van der Waals surface area contributed by atoms with Crippen LogP contribution in [-0.4, -0.2) is 49.1 Å². The Balaban J connectivity index is 1.46. The zero-order valence-corrected chi connectivity index (χ0v) is 20.6. The van der Waals surface area contributed by atoms with Crippen LogP contribution in [-0.2, 0) is 13.0 Å². The number of H-pyrrole nitrogens is 2. The van der Waals surface area contributed by atoms with Crippen LogP contribution in [0.25, 0.3) is 55.7 Å². The molecule has 7 heteroatoms. The van der Waals surface area contributed by atoms with E-state index in [1.54, 1.807) is 18.6 Å². The molecule has 36 heavy (non-hydrogen) atoms. The van der Waals surface area contributed by atoms with Crippen LogP contribution in [0.3, 0.4) is 0 Å². The van der Waals surface area contributed by atoms with E-state index < -0.39 is 0 Å². The number of aromatic nitrogens is 6. The topological polar surface area (TPSA) is 86.4 Å². The summed E-state index contributed by atoms with van der Waals surface area (Å²) in [4.78, 5) is 19.1. The van der Waals surface area contributed by atoms with Crippen molar-refractivity contribution in [1.82, 2.24) is 35.0 Å². The molecule has 4 aromatic heterocycles. The maximum Gasteiger partial charge on any atom is 0.159 e. The molecular formula is C29H27N7. The highest BCUT2D eigenvalue weighted by molar-refractivity contribution is 5.98. The Morgan fingerprint density at radius 2 is 1.64 bits per heavy atom. The Hall–Kier alpha value is -4.36. The van der Waals surface area contributed by atoms with Gasteiger partial charge in [0.05, 0.1) is 22.7 Å². The second-order valence-electron chi connectivity index (χ2n) is 9.37. The van der Waals surface area contributed by atoms with Crippen LogP contribution in [0, 0.1) is 0 Å².